The van der Waals surface area contributed by atoms with Crippen molar-refractivity contribution in [2.24, 2.45) is 16.7 Å². The molecular formula is C27H52N2O4. The number of carbonyl (C=O) groups is 3. The van der Waals surface area contributed by atoms with Crippen LogP contribution < -0.4 is 10.6 Å². The van der Waals surface area contributed by atoms with Crippen LogP contribution in [0.25, 0.3) is 0 Å². The molecule has 0 aromatic rings. The number of ether oxygens (including phenoxy) is 1. The average Bonchev–Trinajstić information content (AvgIpc) is 2.62. The first kappa shape index (κ1) is 31.6. The van der Waals surface area contributed by atoms with E-state index in [9.17, 15) is 14.4 Å². The highest BCUT2D eigenvalue weighted by molar-refractivity contribution is 5.82. The Kier molecular flexibility index (Phi) is 12.3. The maximum Gasteiger partial charge on any atom is 0.226 e. The molecule has 0 aliphatic carbocycles. The van der Waals surface area contributed by atoms with Gasteiger partial charge in [0, 0.05) is 42.9 Å². The second-order valence-electron chi connectivity index (χ2n) is 12.7. The fourth-order valence-electron chi connectivity index (χ4n) is 3.92. The van der Waals surface area contributed by atoms with Crippen LogP contribution >= 0.6 is 0 Å². The summed E-state index contributed by atoms with van der Waals surface area (Å²) in [5.74, 6) is 0.203. The van der Waals surface area contributed by atoms with Gasteiger partial charge in [-0.15, -0.1) is 0 Å². The van der Waals surface area contributed by atoms with Crippen LogP contribution in [0, 0.1) is 16.7 Å². The van der Waals surface area contributed by atoms with Crippen LogP contribution in [0.1, 0.15) is 115 Å². The van der Waals surface area contributed by atoms with Gasteiger partial charge in [0.2, 0.25) is 11.8 Å². The minimum Gasteiger partial charge on any atom is -0.376 e. The third-order valence-electron chi connectivity index (χ3n) is 6.07. The van der Waals surface area contributed by atoms with Crippen LogP contribution in [0.3, 0.4) is 0 Å². The standard InChI is InChI=1S/C27H52N2O4/c1-12-20(2)21(30)14-17-28-22(31)13-15-27(10,11)33-18-16-25(6,7)23(32)29-26(8,9)19-24(3,4)5/h20H,12-19H2,1-11H3,(H,28,31)(H,29,32). The Balaban J connectivity index is 4.44. The summed E-state index contributed by atoms with van der Waals surface area (Å²) in [5.41, 5.74) is -1.17. The normalized spacial score (nSPS) is 14.0. The van der Waals surface area contributed by atoms with Crippen LogP contribution in [0.15, 0.2) is 0 Å². The van der Waals surface area contributed by atoms with Gasteiger partial charge in [-0.3, -0.25) is 14.4 Å². The zero-order chi connectivity index (χ0) is 26.1. The number of amides is 2. The van der Waals surface area contributed by atoms with Crippen molar-refractivity contribution in [3.63, 3.8) is 0 Å². The van der Waals surface area contributed by atoms with E-state index in [1.165, 1.54) is 0 Å². The van der Waals surface area contributed by atoms with Gasteiger partial charge in [0.15, 0.2) is 0 Å². The van der Waals surface area contributed by atoms with E-state index in [0.29, 0.717) is 38.8 Å². The molecule has 0 aromatic carbocycles. The van der Waals surface area contributed by atoms with Crippen molar-refractivity contribution in [3.8, 4) is 0 Å². The molecule has 0 saturated heterocycles. The van der Waals surface area contributed by atoms with Gasteiger partial charge in [-0.05, 0) is 58.8 Å². The summed E-state index contributed by atoms with van der Waals surface area (Å²) < 4.78 is 6.05. The third kappa shape index (κ3) is 14.4. The minimum atomic E-state index is -0.551. The van der Waals surface area contributed by atoms with E-state index < -0.39 is 11.0 Å². The Bertz CT molecular complexity index is 645. The van der Waals surface area contributed by atoms with E-state index in [1.54, 1.807) is 0 Å². The van der Waals surface area contributed by atoms with Gasteiger partial charge in [-0.1, -0.05) is 48.5 Å². The monoisotopic (exact) mass is 468 g/mol. The lowest BCUT2D eigenvalue weighted by Crippen LogP contribution is -2.50. The predicted molar refractivity (Wildman–Crippen MR) is 136 cm³/mol. The van der Waals surface area contributed by atoms with Crippen molar-refractivity contribution < 1.29 is 19.1 Å². The number of carbonyl (C=O) groups excluding carboxylic acids is 3. The molecule has 0 spiro atoms. The zero-order valence-electron chi connectivity index (χ0n) is 23.4. The van der Waals surface area contributed by atoms with Crippen LogP contribution in [0.5, 0.6) is 0 Å². The van der Waals surface area contributed by atoms with Crippen molar-refractivity contribution >= 4 is 17.6 Å². The molecule has 6 heteroatoms. The van der Waals surface area contributed by atoms with Crippen molar-refractivity contribution in [3.05, 3.63) is 0 Å². The number of ketones is 1. The van der Waals surface area contributed by atoms with E-state index in [1.807, 2.05) is 41.5 Å². The number of rotatable bonds is 15. The van der Waals surface area contributed by atoms with E-state index >= 15 is 0 Å². The van der Waals surface area contributed by atoms with E-state index in [2.05, 4.69) is 45.3 Å². The molecule has 0 fully saturated rings. The van der Waals surface area contributed by atoms with Gasteiger partial charge in [0.05, 0.1) is 5.60 Å². The molecule has 0 aromatic heterocycles. The summed E-state index contributed by atoms with van der Waals surface area (Å²) in [7, 11) is 0. The molecule has 0 saturated carbocycles. The van der Waals surface area contributed by atoms with Gasteiger partial charge in [-0.25, -0.2) is 0 Å². The summed E-state index contributed by atoms with van der Waals surface area (Å²) in [5, 5.41) is 6.04. The Morgan fingerprint density at radius 1 is 0.879 bits per heavy atom. The minimum absolute atomic E-state index is 0.0319. The summed E-state index contributed by atoms with van der Waals surface area (Å²) in [6, 6.07) is 0. The molecule has 1 unspecified atom stereocenters. The number of nitrogens with one attached hydrogen (secondary N) is 2. The molecule has 0 heterocycles. The van der Waals surface area contributed by atoms with Gasteiger partial charge in [0.1, 0.15) is 5.78 Å². The average molecular weight is 469 g/mol. The largest absolute Gasteiger partial charge is 0.376 e. The molecule has 0 aliphatic heterocycles. The first-order valence-corrected chi connectivity index (χ1v) is 12.6. The quantitative estimate of drug-likeness (QED) is 0.336. The van der Waals surface area contributed by atoms with Crippen LogP contribution in [-0.4, -0.2) is 41.9 Å². The first-order chi connectivity index (χ1) is 14.8. The molecule has 2 amide bonds. The van der Waals surface area contributed by atoms with Gasteiger partial charge < -0.3 is 15.4 Å². The summed E-state index contributed by atoms with van der Waals surface area (Å²) >= 11 is 0. The van der Waals surface area contributed by atoms with E-state index in [-0.39, 0.29) is 34.5 Å². The molecule has 6 nitrogen and oxygen atoms in total. The Morgan fingerprint density at radius 2 is 1.45 bits per heavy atom. The zero-order valence-corrected chi connectivity index (χ0v) is 23.4. The Labute approximate surface area is 203 Å². The number of hydrogen-bond acceptors (Lipinski definition) is 4. The van der Waals surface area contributed by atoms with Crippen LogP contribution in [-0.2, 0) is 19.1 Å². The fourth-order valence-corrected chi connectivity index (χ4v) is 3.92. The highest BCUT2D eigenvalue weighted by atomic mass is 16.5. The molecular weight excluding hydrogens is 416 g/mol. The smallest absolute Gasteiger partial charge is 0.226 e. The van der Waals surface area contributed by atoms with E-state index in [4.69, 9.17) is 4.74 Å². The van der Waals surface area contributed by atoms with Gasteiger partial charge >= 0.3 is 0 Å². The van der Waals surface area contributed by atoms with Crippen LogP contribution in [0.2, 0.25) is 0 Å². The highest BCUT2D eigenvalue weighted by Gasteiger charge is 2.34. The highest BCUT2D eigenvalue weighted by Crippen LogP contribution is 2.29. The summed E-state index contributed by atoms with van der Waals surface area (Å²) in [6.45, 7) is 23.2. The number of Topliss-reactive ketones (excluding diaryl/α,β-unsaturated/α-hetero) is 1. The SMILES string of the molecule is CCC(C)C(=O)CCNC(=O)CCC(C)(C)OCCC(C)(C)C(=O)NC(C)(C)CC(C)(C)C. The summed E-state index contributed by atoms with van der Waals surface area (Å²) in [4.78, 5) is 36.9. The molecule has 0 rings (SSSR count). The van der Waals surface area contributed by atoms with E-state index in [0.717, 1.165) is 12.8 Å². The lowest BCUT2D eigenvalue weighted by Gasteiger charge is -2.36. The lowest BCUT2D eigenvalue weighted by atomic mass is 9.80. The molecule has 33 heavy (non-hydrogen) atoms. The molecule has 194 valence electrons. The Hall–Kier alpha value is -1.43. The van der Waals surface area contributed by atoms with Crippen molar-refractivity contribution in [1.82, 2.24) is 10.6 Å². The molecule has 0 bridgehead atoms. The summed E-state index contributed by atoms with van der Waals surface area (Å²) in [6.07, 6.45) is 3.60. The Morgan fingerprint density at radius 3 is 1.97 bits per heavy atom. The fraction of sp³-hybridized carbons (Fsp3) is 0.889. The maximum atomic E-state index is 12.9. The topological polar surface area (TPSA) is 84.5 Å². The van der Waals surface area contributed by atoms with Gasteiger partial charge in [0.25, 0.3) is 0 Å². The third-order valence-corrected chi connectivity index (χ3v) is 6.07. The second kappa shape index (κ2) is 12.9. The van der Waals surface area contributed by atoms with Crippen molar-refractivity contribution in [1.29, 1.82) is 0 Å². The lowest BCUT2D eigenvalue weighted by molar-refractivity contribution is -0.133. The first-order valence-electron chi connectivity index (χ1n) is 12.6. The van der Waals surface area contributed by atoms with Crippen molar-refractivity contribution in [2.75, 3.05) is 13.2 Å². The van der Waals surface area contributed by atoms with Crippen molar-refractivity contribution in [2.45, 2.75) is 126 Å². The van der Waals surface area contributed by atoms with Crippen LogP contribution in [0.4, 0.5) is 0 Å². The molecule has 0 aliphatic rings. The van der Waals surface area contributed by atoms with Gasteiger partial charge in [-0.2, -0.15) is 0 Å². The second-order valence-corrected chi connectivity index (χ2v) is 12.7. The molecule has 1 atom stereocenters. The molecule has 2 N–H and O–H groups in total. The number of hydrogen-bond donors (Lipinski definition) is 2. The predicted octanol–water partition coefficient (Wildman–Crippen LogP) is 5.43. The molecule has 0 radical (unpaired) electrons. The maximum absolute atomic E-state index is 12.9.